The van der Waals surface area contributed by atoms with Crippen molar-refractivity contribution < 1.29 is 0 Å². The van der Waals surface area contributed by atoms with E-state index in [-0.39, 0.29) is 0 Å². The third kappa shape index (κ3) is 6.23. The first kappa shape index (κ1) is 35.2. The van der Waals surface area contributed by atoms with Gasteiger partial charge in [-0.05, 0) is 116 Å². The molecule has 2 nitrogen and oxygen atoms in total. The van der Waals surface area contributed by atoms with Crippen LogP contribution in [0.1, 0.15) is 0 Å². The van der Waals surface area contributed by atoms with Gasteiger partial charge in [-0.3, -0.25) is 0 Å². The van der Waals surface area contributed by atoms with Crippen LogP contribution in [0.2, 0.25) is 0 Å². The van der Waals surface area contributed by atoms with Crippen molar-refractivity contribution in [3.8, 4) is 50.2 Å². The van der Waals surface area contributed by atoms with Crippen LogP contribution in [-0.2, 0) is 0 Å². The summed E-state index contributed by atoms with van der Waals surface area (Å²) in [5, 5.41) is 4.94. The van der Waals surface area contributed by atoms with Gasteiger partial charge in [-0.2, -0.15) is 0 Å². The van der Waals surface area contributed by atoms with Gasteiger partial charge < -0.3 is 9.47 Å². The van der Waals surface area contributed by atoms with Gasteiger partial charge in [0.2, 0.25) is 0 Å². The monoisotopic (exact) mass is 764 g/mol. The average Bonchev–Trinajstić information content (AvgIpc) is 3.66. The highest BCUT2D eigenvalue weighted by atomic mass is 15.1. The quantitative estimate of drug-likeness (QED) is 0.150. The third-order valence-electron chi connectivity index (χ3n) is 11.8. The third-order valence-corrected chi connectivity index (χ3v) is 11.8. The fourth-order valence-corrected chi connectivity index (χ4v) is 9.02. The molecule has 0 spiro atoms. The maximum atomic E-state index is 2.42. The Balaban J connectivity index is 1.10. The summed E-state index contributed by atoms with van der Waals surface area (Å²) in [5.41, 5.74) is 16.4. The molecular formula is C58H40N2. The van der Waals surface area contributed by atoms with E-state index in [0.717, 1.165) is 22.7 Å². The van der Waals surface area contributed by atoms with E-state index in [0.29, 0.717) is 0 Å². The molecule has 1 heterocycles. The van der Waals surface area contributed by atoms with Crippen molar-refractivity contribution in [3.05, 3.63) is 243 Å². The maximum Gasteiger partial charge on any atom is 0.0553 e. The second kappa shape index (κ2) is 15.1. The summed E-state index contributed by atoms with van der Waals surface area (Å²) in [6, 6.07) is 87.8. The molecule has 0 bridgehead atoms. The molecule has 0 N–H and O–H groups in total. The van der Waals surface area contributed by atoms with Crippen molar-refractivity contribution in [1.29, 1.82) is 0 Å². The topological polar surface area (TPSA) is 8.17 Å². The zero-order valence-corrected chi connectivity index (χ0v) is 33.0. The molecular weight excluding hydrogens is 725 g/mol. The van der Waals surface area contributed by atoms with Gasteiger partial charge in [0, 0.05) is 33.5 Å². The van der Waals surface area contributed by atoms with Crippen molar-refractivity contribution in [3.63, 3.8) is 0 Å². The van der Waals surface area contributed by atoms with Crippen molar-refractivity contribution >= 4 is 49.6 Å². The van der Waals surface area contributed by atoms with Gasteiger partial charge in [0.05, 0.1) is 11.0 Å². The van der Waals surface area contributed by atoms with Crippen LogP contribution in [0.15, 0.2) is 243 Å². The largest absolute Gasteiger partial charge is 0.310 e. The summed E-state index contributed by atoms with van der Waals surface area (Å²) in [7, 11) is 0. The Labute approximate surface area is 350 Å². The first-order valence-corrected chi connectivity index (χ1v) is 20.6. The summed E-state index contributed by atoms with van der Waals surface area (Å²) in [4.78, 5) is 2.39. The van der Waals surface area contributed by atoms with Crippen molar-refractivity contribution in [2.75, 3.05) is 4.90 Å². The molecule has 10 aromatic carbocycles. The number of nitrogens with zero attached hydrogens (tertiary/aromatic N) is 2. The number of aromatic nitrogens is 1. The second-order valence-electron chi connectivity index (χ2n) is 15.3. The molecule has 60 heavy (non-hydrogen) atoms. The summed E-state index contributed by atoms with van der Waals surface area (Å²) >= 11 is 0. The molecule has 0 amide bonds. The number of para-hydroxylation sites is 2. The lowest BCUT2D eigenvalue weighted by molar-refractivity contribution is 1.18. The van der Waals surface area contributed by atoms with Crippen LogP contribution in [0.5, 0.6) is 0 Å². The molecule has 282 valence electrons. The lowest BCUT2D eigenvalue weighted by Gasteiger charge is -2.27. The number of benzene rings is 10. The molecule has 0 aliphatic rings. The normalized spacial score (nSPS) is 11.3. The predicted molar refractivity (Wildman–Crippen MR) is 255 cm³/mol. The minimum atomic E-state index is 1.09. The standard InChI is InChI=1S/C58H40N2/c1-4-17-41(18-5-1)42-31-35-48(36-32-42)59(49-37-33-44(34-38-49)52-27-13-12-26-51(52)43-19-6-2-7-20-43)50-25-16-22-46(39-50)57-53-28-11-10-21-45(53)40-56-58(57)54-29-14-15-30-55(54)60(56)47-23-8-3-9-24-47/h1-40H. The minimum Gasteiger partial charge on any atom is -0.310 e. The Morgan fingerprint density at radius 2 is 0.800 bits per heavy atom. The van der Waals surface area contributed by atoms with Gasteiger partial charge in [0.25, 0.3) is 0 Å². The number of rotatable bonds is 8. The van der Waals surface area contributed by atoms with E-state index in [9.17, 15) is 0 Å². The van der Waals surface area contributed by atoms with Crippen LogP contribution in [0.3, 0.4) is 0 Å². The van der Waals surface area contributed by atoms with Crippen LogP contribution in [0, 0.1) is 0 Å². The fourth-order valence-electron chi connectivity index (χ4n) is 9.02. The smallest absolute Gasteiger partial charge is 0.0553 e. The Morgan fingerprint density at radius 1 is 0.300 bits per heavy atom. The van der Waals surface area contributed by atoms with E-state index in [1.165, 1.54) is 77.1 Å². The van der Waals surface area contributed by atoms with E-state index in [4.69, 9.17) is 0 Å². The highest BCUT2D eigenvalue weighted by molar-refractivity contribution is 6.23. The molecule has 0 unspecified atom stereocenters. The number of hydrogen-bond acceptors (Lipinski definition) is 1. The molecule has 0 aliphatic carbocycles. The Kier molecular flexibility index (Phi) is 8.87. The molecule has 0 aliphatic heterocycles. The number of hydrogen-bond donors (Lipinski definition) is 0. The van der Waals surface area contributed by atoms with Crippen molar-refractivity contribution in [2.24, 2.45) is 0 Å². The molecule has 11 rings (SSSR count). The van der Waals surface area contributed by atoms with Crippen LogP contribution in [-0.4, -0.2) is 4.57 Å². The van der Waals surface area contributed by atoms with Gasteiger partial charge in [-0.15, -0.1) is 0 Å². The Morgan fingerprint density at radius 3 is 1.48 bits per heavy atom. The van der Waals surface area contributed by atoms with Gasteiger partial charge in [0.15, 0.2) is 0 Å². The second-order valence-corrected chi connectivity index (χ2v) is 15.3. The van der Waals surface area contributed by atoms with Crippen molar-refractivity contribution in [2.45, 2.75) is 0 Å². The molecule has 2 heteroatoms. The molecule has 0 atom stereocenters. The van der Waals surface area contributed by atoms with Gasteiger partial charge in [-0.1, -0.05) is 182 Å². The Bertz CT molecular complexity index is 3270. The summed E-state index contributed by atoms with van der Waals surface area (Å²) in [6.07, 6.45) is 0. The fraction of sp³-hybridized carbons (Fsp3) is 0. The van der Waals surface area contributed by atoms with E-state index in [1.54, 1.807) is 0 Å². The molecule has 11 aromatic rings. The van der Waals surface area contributed by atoms with E-state index >= 15 is 0 Å². The first-order chi connectivity index (χ1) is 29.8. The lowest BCUT2D eigenvalue weighted by Crippen LogP contribution is -2.10. The minimum absolute atomic E-state index is 1.09. The van der Waals surface area contributed by atoms with E-state index < -0.39 is 0 Å². The highest BCUT2D eigenvalue weighted by Gasteiger charge is 2.21. The van der Waals surface area contributed by atoms with Gasteiger partial charge in [0.1, 0.15) is 0 Å². The van der Waals surface area contributed by atoms with Crippen molar-refractivity contribution in [1.82, 2.24) is 4.57 Å². The SMILES string of the molecule is c1ccc(-c2ccc(N(c3ccc(-c4ccccc4-c4ccccc4)cc3)c3cccc(-c4c5ccccc5cc5c4c4ccccc4n5-c4ccccc4)c3)cc2)cc1. The number of anilines is 3. The summed E-state index contributed by atoms with van der Waals surface area (Å²) in [5.74, 6) is 0. The summed E-state index contributed by atoms with van der Waals surface area (Å²) < 4.78 is 2.42. The molecule has 1 aromatic heterocycles. The molecule has 0 radical (unpaired) electrons. The highest BCUT2D eigenvalue weighted by Crippen LogP contribution is 2.45. The number of fused-ring (bicyclic) bond motifs is 4. The predicted octanol–water partition coefficient (Wildman–Crippen LogP) is 16.1. The first-order valence-electron chi connectivity index (χ1n) is 20.6. The van der Waals surface area contributed by atoms with Gasteiger partial charge in [-0.25, -0.2) is 0 Å². The molecule has 0 fully saturated rings. The zero-order chi connectivity index (χ0) is 39.8. The average molecular weight is 765 g/mol. The Hall–Kier alpha value is -7.94. The van der Waals surface area contributed by atoms with Crippen LogP contribution in [0.4, 0.5) is 17.1 Å². The molecule has 0 saturated carbocycles. The summed E-state index contributed by atoms with van der Waals surface area (Å²) in [6.45, 7) is 0. The van der Waals surface area contributed by atoms with E-state index in [1.807, 2.05) is 0 Å². The molecule has 0 saturated heterocycles. The maximum absolute atomic E-state index is 2.42. The van der Waals surface area contributed by atoms with E-state index in [2.05, 4.69) is 252 Å². The van der Waals surface area contributed by atoms with Gasteiger partial charge >= 0.3 is 0 Å². The lowest BCUT2D eigenvalue weighted by atomic mass is 9.92. The van der Waals surface area contributed by atoms with Crippen LogP contribution < -0.4 is 4.90 Å². The van der Waals surface area contributed by atoms with Crippen LogP contribution >= 0.6 is 0 Å². The van der Waals surface area contributed by atoms with Crippen LogP contribution in [0.25, 0.3) is 82.8 Å². The zero-order valence-electron chi connectivity index (χ0n) is 33.0.